The Labute approximate surface area is 142 Å². The molecule has 25 heavy (non-hydrogen) atoms. The number of nitrogens with zero attached hydrogens (tertiary/aromatic N) is 4. The third kappa shape index (κ3) is 3.49. The van der Waals surface area contributed by atoms with E-state index >= 15 is 0 Å². The molecule has 0 fully saturated rings. The Bertz CT molecular complexity index is 947. The Morgan fingerprint density at radius 3 is 2.84 bits per heavy atom. The number of hydrogen-bond acceptors (Lipinski definition) is 6. The topological polar surface area (TPSA) is 107 Å². The van der Waals surface area contributed by atoms with Crippen LogP contribution in [-0.4, -0.2) is 31.1 Å². The first-order valence-electron chi connectivity index (χ1n) is 7.48. The molecule has 0 saturated heterocycles. The number of nitrogens with one attached hydrogen (secondary N) is 1. The Morgan fingerprint density at radius 1 is 1.36 bits per heavy atom. The third-order valence-corrected chi connectivity index (χ3v) is 3.14. The second-order valence-electron chi connectivity index (χ2n) is 6.34. The number of rotatable bonds is 3. The number of carbonyl (C=O) groups is 1. The first-order chi connectivity index (χ1) is 11.7. The van der Waals surface area contributed by atoms with Gasteiger partial charge in [-0.2, -0.15) is 0 Å². The van der Waals surface area contributed by atoms with Crippen molar-refractivity contribution in [3.05, 3.63) is 42.2 Å². The zero-order valence-corrected chi connectivity index (χ0v) is 13.9. The lowest BCUT2D eigenvalue weighted by molar-refractivity contribution is 0.102. The Kier molecular flexibility index (Phi) is 3.99. The molecule has 130 valence electrons. The second kappa shape index (κ2) is 6.00. The lowest BCUT2D eigenvalue weighted by atomic mass is 10.2. The summed E-state index contributed by atoms with van der Waals surface area (Å²) in [5.74, 6) is -0.726. The summed E-state index contributed by atoms with van der Waals surface area (Å²) >= 11 is 0. The minimum atomic E-state index is -0.588. The van der Waals surface area contributed by atoms with E-state index in [1.54, 1.807) is 12.3 Å². The van der Waals surface area contributed by atoms with Crippen LogP contribution >= 0.6 is 0 Å². The summed E-state index contributed by atoms with van der Waals surface area (Å²) < 4.78 is 20.2. The maximum Gasteiger partial charge on any atom is 0.263 e. The van der Waals surface area contributed by atoms with Gasteiger partial charge in [0.05, 0.1) is 18.6 Å². The third-order valence-electron chi connectivity index (χ3n) is 3.14. The van der Waals surface area contributed by atoms with Crippen LogP contribution in [0.15, 0.2) is 30.9 Å². The molecule has 3 aromatic heterocycles. The van der Waals surface area contributed by atoms with Gasteiger partial charge in [-0.15, -0.1) is 5.10 Å². The fourth-order valence-electron chi connectivity index (χ4n) is 2.23. The smallest absolute Gasteiger partial charge is 0.263 e. The lowest BCUT2D eigenvalue weighted by Crippen LogP contribution is -2.24. The van der Waals surface area contributed by atoms with Crippen LogP contribution in [0, 0.1) is 5.82 Å². The molecule has 3 aromatic rings. The first kappa shape index (κ1) is 16.6. The van der Waals surface area contributed by atoms with Gasteiger partial charge in [0, 0.05) is 12.3 Å². The standard InChI is InChI=1S/C16H17FN6O2/c1-16(2,3)25-11-4-5-19-7-10(11)21-15(24)12-13(18)22-23-8-9(17)6-20-14(12)23/h4-8H,1-3H3,(H2,18,22)(H,21,24). The molecular formula is C16H17FN6O2. The molecule has 3 N–H and O–H groups in total. The molecule has 3 heterocycles. The highest BCUT2D eigenvalue weighted by atomic mass is 19.1. The van der Waals surface area contributed by atoms with Crippen molar-refractivity contribution in [2.24, 2.45) is 0 Å². The number of fused-ring (bicyclic) bond motifs is 1. The predicted molar refractivity (Wildman–Crippen MR) is 89.9 cm³/mol. The van der Waals surface area contributed by atoms with Crippen molar-refractivity contribution >= 4 is 23.1 Å². The SMILES string of the molecule is CC(C)(C)Oc1ccncc1NC(=O)c1c(N)nn2cc(F)cnc12. The molecule has 0 aromatic carbocycles. The van der Waals surface area contributed by atoms with Gasteiger partial charge in [0.25, 0.3) is 5.91 Å². The fourth-order valence-corrected chi connectivity index (χ4v) is 2.23. The van der Waals surface area contributed by atoms with Gasteiger partial charge >= 0.3 is 0 Å². The zero-order valence-electron chi connectivity index (χ0n) is 13.9. The van der Waals surface area contributed by atoms with E-state index < -0.39 is 17.3 Å². The summed E-state index contributed by atoms with van der Waals surface area (Å²) in [4.78, 5) is 20.5. The summed E-state index contributed by atoms with van der Waals surface area (Å²) in [6.07, 6.45) is 5.11. The van der Waals surface area contributed by atoms with E-state index in [-0.39, 0.29) is 17.0 Å². The summed E-state index contributed by atoms with van der Waals surface area (Å²) in [6, 6.07) is 1.65. The molecule has 0 spiro atoms. The van der Waals surface area contributed by atoms with Crippen LogP contribution < -0.4 is 15.8 Å². The zero-order chi connectivity index (χ0) is 18.2. The monoisotopic (exact) mass is 344 g/mol. The van der Waals surface area contributed by atoms with E-state index in [0.29, 0.717) is 11.4 Å². The van der Waals surface area contributed by atoms with E-state index in [1.165, 1.54) is 6.20 Å². The van der Waals surface area contributed by atoms with E-state index in [2.05, 4.69) is 20.4 Å². The number of nitrogens with two attached hydrogens (primary N) is 1. The predicted octanol–water partition coefficient (Wildman–Crippen LogP) is 2.28. The minimum absolute atomic E-state index is 0.0468. The van der Waals surface area contributed by atoms with Crippen LogP contribution in [0.1, 0.15) is 31.1 Å². The molecule has 0 unspecified atom stereocenters. The average molecular weight is 344 g/mol. The highest BCUT2D eigenvalue weighted by molar-refractivity contribution is 6.11. The van der Waals surface area contributed by atoms with Gasteiger partial charge in [0.2, 0.25) is 0 Å². The Hall–Kier alpha value is -3.23. The summed E-state index contributed by atoms with van der Waals surface area (Å²) in [6.45, 7) is 5.67. The van der Waals surface area contributed by atoms with Crippen molar-refractivity contribution in [1.82, 2.24) is 19.6 Å². The molecule has 8 nitrogen and oxygen atoms in total. The van der Waals surface area contributed by atoms with Crippen LogP contribution in [-0.2, 0) is 0 Å². The molecule has 0 aliphatic carbocycles. The van der Waals surface area contributed by atoms with Gasteiger partial charge in [-0.05, 0) is 20.8 Å². The molecule has 3 rings (SSSR count). The second-order valence-corrected chi connectivity index (χ2v) is 6.34. The number of ether oxygens (including phenoxy) is 1. The molecular weight excluding hydrogens is 327 g/mol. The van der Waals surface area contributed by atoms with Crippen LogP contribution in [0.3, 0.4) is 0 Å². The van der Waals surface area contributed by atoms with Crippen molar-refractivity contribution in [2.45, 2.75) is 26.4 Å². The average Bonchev–Trinajstić information content (AvgIpc) is 2.82. The quantitative estimate of drug-likeness (QED) is 0.755. The Morgan fingerprint density at radius 2 is 2.12 bits per heavy atom. The molecule has 0 bridgehead atoms. The number of hydrogen-bond donors (Lipinski definition) is 2. The van der Waals surface area contributed by atoms with Gasteiger partial charge in [-0.25, -0.2) is 13.9 Å². The van der Waals surface area contributed by atoms with Crippen molar-refractivity contribution in [3.63, 3.8) is 0 Å². The van der Waals surface area contributed by atoms with Gasteiger partial charge in [0.15, 0.2) is 17.3 Å². The van der Waals surface area contributed by atoms with Crippen molar-refractivity contribution in [1.29, 1.82) is 0 Å². The van der Waals surface area contributed by atoms with Crippen molar-refractivity contribution in [3.8, 4) is 5.75 Å². The van der Waals surface area contributed by atoms with Crippen molar-refractivity contribution < 1.29 is 13.9 Å². The number of nitrogen functional groups attached to an aromatic ring is 1. The molecule has 0 radical (unpaired) electrons. The number of anilines is 2. The van der Waals surface area contributed by atoms with E-state index in [1.807, 2.05) is 20.8 Å². The number of amides is 1. The summed E-state index contributed by atoms with van der Waals surface area (Å²) in [5.41, 5.74) is 5.92. The maximum atomic E-state index is 13.2. The fraction of sp³-hybridized carbons (Fsp3) is 0.250. The number of pyridine rings is 1. The normalized spacial score (nSPS) is 11.5. The minimum Gasteiger partial charge on any atom is -0.486 e. The maximum absolute atomic E-state index is 13.2. The van der Waals surface area contributed by atoms with Gasteiger partial charge in [-0.1, -0.05) is 0 Å². The van der Waals surface area contributed by atoms with Gasteiger partial charge < -0.3 is 15.8 Å². The highest BCUT2D eigenvalue weighted by Crippen LogP contribution is 2.28. The molecule has 1 amide bonds. The Balaban J connectivity index is 1.95. The number of carbonyl (C=O) groups excluding carboxylic acids is 1. The van der Waals surface area contributed by atoms with Crippen LogP contribution in [0.4, 0.5) is 15.9 Å². The van der Waals surface area contributed by atoms with Crippen molar-refractivity contribution in [2.75, 3.05) is 11.1 Å². The molecule has 0 aliphatic rings. The summed E-state index contributed by atoms with van der Waals surface area (Å²) in [7, 11) is 0. The highest BCUT2D eigenvalue weighted by Gasteiger charge is 2.22. The first-order valence-corrected chi connectivity index (χ1v) is 7.48. The van der Waals surface area contributed by atoms with Crippen LogP contribution in [0.5, 0.6) is 5.75 Å². The summed E-state index contributed by atoms with van der Waals surface area (Å²) in [5, 5.41) is 6.59. The van der Waals surface area contributed by atoms with Gasteiger partial charge in [0.1, 0.15) is 22.6 Å². The van der Waals surface area contributed by atoms with E-state index in [4.69, 9.17) is 10.5 Å². The van der Waals surface area contributed by atoms with E-state index in [0.717, 1.165) is 16.9 Å². The number of aromatic nitrogens is 4. The van der Waals surface area contributed by atoms with Crippen LogP contribution in [0.25, 0.3) is 5.65 Å². The molecule has 0 saturated carbocycles. The van der Waals surface area contributed by atoms with E-state index in [9.17, 15) is 9.18 Å². The molecule has 0 aliphatic heterocycles. The largest absolute Gasteiger partial charge is 0.486 e. The lowest BCUT2D eigenvalue weighted by Gasteiger charge is -2.23. The van der Waals surface area contributed by atoms with Crippen LogP contribution in [0.2, 0.25) is 0 Å². The molecule has 9 heteroatoms. The molecule has 0 atom stereocenters. The number of halogens is 1. The van der Waals surface area contributed by atoms with Gasteiger partial charge in [-0.3, -0.25) is 9.78 Å².